The van der Waals surface area contributed by atoms with Gasteiger partial charge in [-0.25, -0.2) is 0 Å². The van der Waals surface area contributed by atoms with Crippen LogP contribution in [0.4, 0.5) is 0 Å². The normalized spacial score (nSPS) is 54.4. The minimum atomic E-state index is 0.224. The van der Waals surface area contributed by atoms with Crippen LogP contribution in [0, 0.1) is 40.9 Å². The second kappa shape index (κ2) is 5.13. The first-order valence-electron chi connectivity index (χ1n) is 11.2. The summed E-state index contributed by atoms with van der Waals surface area (Å²) < 4.78 is 6.67. The van der Waals surface area contributed by atoms with Crippen molar-refractivity contribution in [1.29, 1.82) is 0 Å². The quantitative estimate of drug-likeness (QED) is 0.657. The van der Waals surface area contributed by atoms with Crippen molar-refractivity contribution in [3.63, 3.8) is 0 Å². The van der Waals surface area contributed by atoms with Crippen molar-refractivity contribution in [3.05, 3.63) is 23.8 Å². The van der Waals surface area contributed by atoms with Crippen LogP contribution in [0.1, 0.15) is 64.7 Å². The zero-order chi connectivity index (χ0) is 17.7. The summed E-state index contributed by atoms with van der Waals surface area (Å²) in [6.45, 7) is 7.91. The molecule has 4 saturated carbocycles. The number of hydrogen-bond donors (Lipinski definition) is 0. The standard InChI is InChI=1S/C24H32O2/c1-3-23-9-7-17-16-6-5-15(25)12-18(16)14(2)11-19(17)22(23)20-13-21(20)24(23)8-4-10-26-24/h12,16-17,19-22H,2-11,13H2,1H3/t16-,17?,19?,20?,21?,22?,23+,24+/m1/s1. The summed E-state index contributed by atoms with van der Waals surface area (Å²) >= 11 is 0. The topological polar surface area (TPSA) is 26.3 Å². The van der Waals surface area contributed by atoms with E-state index in [0.717, 1.165) is 55.5 Å². The predicted molar refractivity (Wildman–Crippen MR) is 102 cm³/mol. The van der Waals surface area contributed by atoms with E-state index < -0.39 is 0 Å². The molecule has 0 amide bonds. The van der Waals surface area contributed by atoms with Crippen LogP contribution in [0.2, 0.25) is 0 Å². The summed E-state index contributed by atoms with van der Waals surface area (Å²) in [7, 11) is 0. The lowest BCUT2D eigenvalue weighted by Gasteiger charge is -2.59. The van der Waals surface area contributed by atoms with Gasteiger partial charge >= 0.3 is 0 Å². The van der Waals surface area contributed by atoms with Crippen molar-refractivity contribution in [2.24, 2.45) is 40.9 Å². The van der Waals surface area contributed by atoms with Gasteiger partial charge in [0, 0.05) is 18.4 Å². The van der Waals surface area contributed by atoms with Crippen LogP contribution >= 0.6 is 0 Å². The molecule has 0 N–H and O–H groups in total. The molecule has 26 heavy (non-hydrogen) atoms. The number of carbonyl (C=O) groups excluding carboxylic acids is 1. The van der Waals surface area contributed by atoms with E-state index in [0.29, 0.717) is 17.1 Å². The lowest BCUT2D eigenvalue weighted by Crippen LogP contribution is -2.56. The molecule has 1 spiro atoms. The predicted octanol–water partition coefficient (Wildman–Crippen LogP) is 5.09. The van der Waals surface area contributed by atoms with E-state index in [9.17, 15) is 4.79 Å². The molecule has 1 heterocycles. The van der Waals surface area contributed by atoms with E-state index in [2.05, 4.69) is 13.5 Å². The van der Waals surface area contributed by atoms with Gasteiger partial charge in [-0.05, 0) is 98.5 Å². The highest BCUT2D eigenvalue weighted by molar-refractivity contribution is 5.92. The molecule has 8 atom stereocenters. The number of ether oxygens (including phenoxy) is 1. The molecule has 1 saturated heterocycles. The lowest BCUT2D eigenvalue weighted by atomic mass is 9.47. The van der Waals surface area contributed by atoms with Crippen molar-refractivity contribution in [1.82, 2.24) is 0 Å². The molecular formula is C24H32O2. The third-order valence-corrected chi connectivity index (χ3v) is 9.82. The fourth-order valence-corrected chi connectivity index (χ4v) is 9.07. The van der Waals surface area contributed by atoms with E-state index >= 15 is 0 Å². The zero-order valence-electron chi connectivity index (χ0n) is 16.1. The summed E-state index contributed by atoms with van der Waals surface area (Å²) in [6, 6.07) is 0. The zero-order valence-corrected chi connectivity index (χ0v) is 16.1. The fraction of sp³-hybridized carbons (Fsp3) is 0.792. The van der Waals surface area contributed by atoms with Gasteiger partial charge in [-0.3, -0.25) is 4.79 Å². The molecule has 2 heteroatoms. The molecule has 2 nitrogen and oxygen atoms in total. The molecule has 5 unspecified atom stereocenters. The molecule has 5 aliphatic carbocycles. The minimum Gasteiger partial charge on any atom is -0.374 e. The highest BCUT2D eigenvalue weighted by Crippen LogP contribution is 2.79. The molecule has 0 aromatic carbocycles. The number of carbonyl (C=O) groups is 1. The Hall–Kier alpha value is -0.890. The Morgan fingerprint density at radius 3 is 2.88 bits per heavy atom. The maximum Gasteiger partial charge on any atom is 0.156 e. The van der Waals surface area contributed by atoms with Crippen molar-refractivity contribution in [2.45, 2.75) is 70.3 Å². The first kappa shape index (κ1) is 16.1. The summed E-state index contributed by atoms with van der Waals surface area (Å²) in [5.74, 6) is 5.16. The Morgan fingerprint density at radius 2 is 2.12 bits per heavy atom. The van der Waals surface area contributed by atoms with Crippen LogP contribution in [-0.2, 0) is 9.53 Å². The molecule has 0 bridgehead atoms. The largest absolute Gasteiger partial charge is 0.374 e. The van der Waals surface area contributed by atoms with Crippen LogP contribution in [0.5, 0.6) is 0 Å². The fourth-order valence-electron chi connectivity index (χ4n) is 9.07. The van der Waals surface area contributed by atoms with Crippen LogP contribution in [0.25, 0.3) is 0 Å². The molecule has 6 rings (SSSR count). The molecule has 0 aromatic heterocycles. The molecule has 140 valence electrons. The average molecular weight is 353 g/mol. The van der Waals surface area contributed by atoms with Crippen molar-refractivity contribution < 1.29 is 9.53 Å². The summed E-state index contributed by atoms with van der Waals surface area (Å²) in [6.07, 6.45) is 13.0. The maximum atomic E-state index is 12.0. The summed E-state index contributed by atoms with van der Waals surface area (Å²) in [4.78, 5) is 12.0. The first-order valence-corrected chi connectivity index (χ1v) is 11.2. The third-order valence-electron chi connectivity index (χ3n) is 9.82. The SMILES string of the molecule is C=C1CC2C(CC[C@@]3(CC)C2C2CC2[C@@]32CCCO2)[C@H]2CCC(=O)C=C12. The average Bonchev–Trinajstić information content (AvgIpc) is 3.21. The molecule has 5 fully saturated rings. The Bertz CT molecular complexity index is 712. The molecule has 6 aliphatic rings. The highest BCUT2D eigenvalue weighted by Gasteiger charge is 2.77. The van der Waals surface area contributed by atoms with Crippen molar-refractivity contribution in [3.8, 4) is 0 Å². The van der Waals surface area contributed by atoms with Gasteiger partial charge in [0.15, 0.2) is 5.78 Å². The number of hydrogen-bond acceptors (Lipinski definition) is 2. The molecular weight excluding hydrogens is 320 g/mol. The highest BCUT2D eigenvalue weighted by atomic mass is 16.5. The molecule has 0 aromatic rings. The monoisotopic (exact) mass is 352 g/mol. The Kier molecular flexibility index (Phi) is 3.18. The van der Waals surface area contributed by atoms with Gasteiger partial charge in [-0.2, -0.15) is 0 Å². The number of ketones is 1. The van der Waals surface area contributed by atoms with E-state index in [1.54, 1.807) is 0 Å². The van der Waals surface area contributed by atoms with Gasteiger partial charge in [0.1, 0.15) is 0 Å². The molecule has 1 aliphatic heterocycles. The summed E-state index contributed by atoms with van der Waals surface area (Å²) in [5, 5.41) is 0. The lowest BCUT2D eigenvalue weighted by molar-refractivity contribution is -0.157. The van der Waals surface area contributed by atoms with Crippen LogP contribution in [-0.4, -0.2) is 18.0 Å². The Labute approximate surface area is 157 Å². The summed E-state index contributed by atoms with van der Waals surface area (Å²) in [5.41, 5.74) is 3.29. The minimum absolute atomic E-state index is 0.224. The van der Waals surface area contributed by atoms with Gasteiger partial charge in [0.25, 0.3) is 0 Å². The Balaban J connectivity index is 1.42. The first-order chi connectivity index (χ1) is 12.6. The number of fused-ring (bicyclic) bond motifs is 9. The van der Waals surface area contributed by atoms with Gasteiger partial charge < -0.3 is 4.74 Å². The number of rotatable bonds is 1. The van der Waals surface area contributed by atoms with E-state index in [4.69, 9.17) is 4.74 Å². The third kappa shape index (κ3) is 1.72. The van der Waals surface area contributed by atoms with E-state index in [-0.39, 0.29) is 5.60 Å². The van der Waals surface area contributed by atoms with Crippen LogP contribution in [0.15, 0.2) is 23.8 Å². The van der Waals surface area contributed by atoms with Gasteiger partial charge in [0.2, 0.25) is 0 Å². The van der Waals surface area contributed by atoms with Crippen molar-refractivity contribution >= 4 is 5.78 Å². The Morgan fingerprint density at radius 1 is 1.23 bits per heavy atom. The van der Waals surface area contributed by atoms with E-state index in [1.165, 1.54) is 49.7 Å². The van der Waals surface area contributed by atoms with Crippen LogP contribution in [0.3, 0.4) is 0 Å². The van der Waals surface area contributed by atoms with Gasteiger partial charge in [0.05, 0.1) is 5.60 Å². The smallest absolute Gasteiger partial charge is 0.156 e. The maximum absolute atomic E-state index is 12.0. The van der Waals surface area contributed by atoms with Crippen molar-refractivity contribution in [2.75, 3.05) is 6.61 Å². The van der Waals surface area contributed by atoms with E-state index in [1.807, 2.05) is 6.08 Å². The second-order valence-electron chi connectivity index (χ2n) is 10.3. The second-order valence-corrected chi connectivity index (χ2v) is 10.3. The van der Waals surface area contributed by atoms with Gasteiger partial charge in [-0.1, -0.05) is 19.1 Å². The van der Waals surface area contributed by atoms with Gasteiger partial charge in [-0.15, -0.1) is 0 Å². The molecule has 0 radical (unpaired) electrons. The van der Waals surface area contributed by atoms with Crippen LogP contribution < -0.4 is 0 Å². The number of allylic oxidation sites excluding steroid dienone is 2.